The molecule has 0 fully saturated rings. The number of sulfonamides is 1. The second-order valence-corrected chi connectivity index (χ2v) is 5.33. The summed E-state index contributed by atoms with van der Waals surface area (Å²) in [4.78, 5) is 11.7. The minimum Gasteiger partial charge on any atom is -0.493 e. The first-order chi connectivity index (χ1) is 8.90. The lowest BCUT2D eigenvalue weighted by atomic mass is 10.2. The molecule has 0 aromatic heterocycles. The summed E-state index contributed by atoms with van der Waals surface area (Å²) in [7, 11) is -3.87. The zero-order valence-corrected chi connectivity index (χ0v) is 11.7. The average molecular weight is 287 g/mol. The smallest absolute Gasteiger partial charge is 0.341 e. The molecule has 0 radical (unpaired) electrons. The molecular formula is C12H17NO5S. The molecule has 0 amide bonds. The number of primary sulfonamides is 1. The van der Waals surface area contributed by atoms with E-state index in [1.165, 1.54) is 18.2 Å². The summed E-state index contributed by atoms with van der Waals surface area (Å²) in [5.41, 5.74) is 0.0572. The van der Waals surface area contributed by atoms with E-state index >= 15 is 0 Å². The second kappa shape index (κ2) is 6.53. The maximum absolute atomic E-state index is 11.8. The van der Waals surface area contributed by atoms with Gasteiger partial charge in [-0.1, -0.05) is 6.92 Å². The lowest BCUT2D eigenvalue weighted by Crippen LogP contribution is -2.15. The Labute approximate surface area is 112 Å². The minimum atomic E-state index is -3.87. The van der Waals surface area contributed by atoms with Gasteiger partial charge in [0.05, 0.1) is 18.1 Å². The average Bonchev–Trinajstić information content (AvgIpc) is 2.35. The van der Waals surface area contributed by atoms with Crippen molar-refractivity contribution in [1.29, 1.82) is 0 Å². The fraction of sp³-hybridized carbons (Fsp3) is 0.417. The van der Waals surface area contributed by atoms with Gasteiger partial charge in [0.1, 0.15) is 11.3 Å². The van der Waals surface area contributed by atoms with E-state index in [0.29, 0.717) is 13.0 Å². The quantitative estimate of drug-likeness (QED) is 0.795. The van der Waals surface area contributed by atoms with Gasteiger partial charge < -0.3 is 9.47 Å². The predicted octanol–water partition coefficient (Wildman–Crippen LogP) is 1.30. The van der Waals surface area contributed by atoms with Crippen molar-refractivity contribution in [1.82, 2.24) is 0 Å². The van der Waals surface area contributed by atoms with Gasteiger partial charge in [-0.15, -0.1) is 0 Å². The molecule has 106 valence electrons. The summed E-state index contributed by atoms with van der Waals surface area (Å²) >= 11 is 0. The van der Waals surface area contributed by atoms with E-state index in [2.05, 4.69) is 0 Å². The van der Waals surface area contributed by atoms with Crippen LogP contribution in [0.25, 0.3) is 0 Å². The monoisotopic (exact) mass is 287 g/mol. The molecule has 1 rings (SSSR count). The maximum Gasteiger partial charge on any atom is 0.341 e. The molecule has 7 heteroatoms. The third kappa shape index (κ3) is 4.22. The van der Waals surface area contributed by atoms with Crippen LogP contribution >= 0.6 is 0 Å². The Morgan fingerprint density at radius 2 is 2.00 bits per heavy atom. The molecule has 0 aliphatic carbocycles. The van der Waals surface area contributed by atoms with Crippen molar-refractivity contribution >= 4 is 16.0 Å². The predicted molar refractivity (Wildman–Crippen MR) is 69.6 cm³/mol. The van der Waals surface area contributed by atoms with Gasteiger partial charge in [0.25, 0.3) is 0 Å². The van der Waals surface area contributed by atoms with Gasteiger partial charge in [0.2, 0.25) is 10.0 Å². The van der Waals surface area contributed by atoms with Crippen LogP contribution in [0.4, 0.5) is 0 Å². The molecule has 0 spiro atoms. The van der Waals surface area contributed by atoms with Crippen molar-refractivity contribution in [2.75, 3.05) is 13.2 Å². The van der Waals surface area contributed by atoms with E-state index in [4.69, 9.17) is 14.6 Å². The molecule has 1 aromatic carbocycles. The summed E-state index contributed by atoms with van der Waals surface area (Å²) in [5.74, 6) is -0.355. The molecule has 6 nitrogen and oxygen atoms in total. The van der Waals surface area contributed by atoms with Crippen LogP contribution in [0.15, 0.2) is 23.1 Å². The van der Waals surface area contributed by atoms with Crippen LogP contribution in [-0.2, 0) is 14.8 Å². The number of carbonyl (C=O) groups excluding carboxylic acids is 1. The van der Waals surface area contributed by atoms with Crippen molar-refractivity contribution in [2.45, 2.75) is 25.2 Å². The molecule has 2 N–H and O–H groups in total. The third-order valence-electron chi connectivity index (χ3n) is 2.24. The normalized spacial score (nSPS) is 11.1. The summed E-state index contributed by atoms with van der Waals surface area (Å²) < 4.78 is 32.8. The number of benzene rings is 1. The molecule has 1 aromatic rings. The summed E-state index contributed by atoms with van der Waals surface area (Å²) in [6.07, 6.45) is 0.671. The lowest BCUT2D eigenvalue weighted by Gasteiger charge is -2.11. The first kappa shape index (κ1) is 15.5. The number of hydrogen-bond acceptors (Lipinski definition) is 5. The topological polar surface area (TPSA) is 95.7 Å². The number of esters is 1. The van der Waals surface area contributed by atoms with E-state index in [-0.39, 0.29) is 22.8 Å². The highest BCUT2D eigenvalue weighted by Crippen LogP contribution is 2.23. The molecule has 0 aliphatic heterocycles. The van der Waals surface area contributed by atoms with Gasteiger partial charge in [-0.25, -0.2) is 18.4 Å². The van der Waals surface area contributed by atoms with Crippen molar-refractivity contribution in [3.63, 3.8) is 0 Å². The first-order valence-corrected chi connectivity index (χ1v) is 7.41. The summed E-state index contributed by atoms with van der Waals surface area (Å²) in [6, 6.07) is 3.85. The number of ether oxygens (including phenoxy) is 2. The Kier molecular flexibility index (Phi) is 5.31. The van der Waals surface area contributed by atoms with Gasteiger partial charge in [-0.05, 0) is 31.5 Å². The fourth-order valence-electron chi connectivity index (χ4n) is 1.40. The Morgan fingerprint density at radius 3 is 2.53 bits per heavy atom. The van der Waals surface area contributed by atoms with E-state index < -0.39 is 16.0 Å². The van der Waals surface area contributed by atoms with Crippen LogP contribution < -0.4 is 9.88 Å². The van der Waals surface area contributed by atoms with Gasteiger partial charge in [0.15, 0.2) is 0 Å². The second-order valence-electron chi connectivity index (χ2n) is 3.77. The molecule has 0 aliphatic rings. The first-order valence-electron chi connectivity index (χ1n) is 5.87. The van der Waals surface area contributed by atoms with Crippen LogP contribution in [-0.4, -0.2) is 27.6 Å². The highest BCUT2D eigenvalue weighted by molar-refractivity contribution is 7.89. The fourth-order valence-corrected chi connectivity index (χ4v) is 1.94. The molecule has 0 heterocycles. The minimum absolute atomic E-state index is 0.0572. The van der Waals surface area contributed by atoms with E-state index in [0.717, 1.165) is 0 Å². The Bertz CT molecular complexity index is 553. The van der Waals surface area contributed by atoms with Gasteiger partial charge in [-0.2, -0.15) is 0 Å². The van der Waals surface area contributed by atoms with E-state index in [1.54, 1.807) is 6.92 Å². The summed E-state index contributed by atoms with van der Waals surface area (Å²) in [5, 5.41) is 5.03. The number of nitrogens with two attached hydrogens (primary N) is 1. The Morgan fingerprint density at radius 1 is 1.32 bits per heavy atom. The van der Waals surface area contributed by atoms with Crippen molar-refractivity contribution in [2.24, 2.45) is 5.14 Å². The Balaban J connectivity index is 3.19. The van der Waals surface area contributed by atoms with Crippen molar-refractivity contribution in [3.05, 3.63) is 23.8 Å². The molecule has 0 unspecified atom stereocenters. The van der Waals surface area contributed by atoms with E-state index in [9.17, 15) is 13.2 Å². The van der Waals surface area contributed by atoms with Crippen LogP contribution in [0.3, 0.4) is 0 Å². The summed E-state index contributed by atoms with van der Waals surface area (Å²) in [6.45, 7) is 4.22. The van der Waals surface area contributed by atoms with Crippen LogP contribution in [0.2, 0.25) is 0 Å². The van der Waals surface area contributed by atoms with E-state index in [1.807, 2.05) is 6.92 Å². The Hall–Kier alpha value is -1.60. The molecule has 0 bridgehead atoms. The van der Waals surface area contributed by atoms with Gasteiger partial charge in [-0.3, -0.25) is 0 Å². The third-order valence-corrected chi connectivity index (χ3v) is 3.15. The van der Waals surface area contributed by atoms with Crippen molar-refractivity contribution in [3.8, 4) is 5.75 Å². The molecule has 0 saturated carbocycles. The molecular weight excluding hydrogens is 270 g/mol. The molecule has 19 heavy (non-hydrogen) atoms. The van der Waals surface area contributed by atoms with Crippen LogP contribution in [0.5, 0.6) is 5.75 Å². The largest absolute Gasteiger partial charge is 0.493 e. The van der Waals surface area contributed by atoms with Crippen LogP contribution in [0.1, 0.15) is 30.6 Å². The SMILES string of the molecule is CCCOC(=O)c1cc(S(N)(=O)=O)ccc1OCC. The highest BCUT2D eigenvalue weighted by atomic mass is 32.2. The van der Waals surface area contributed by atoms with Gasteiger partial charge >= 0.3 is 5.97 Å². The maximum atomic E-state index is 11.8. The molecule has 0 saturated heterocycles. The number of rotatable bonds is 6. The lowest BCUT2D eigenvalue weighted by molar-refractivity contribution is 0.0500. The zero-order chi connectivity index (χ0) is 14.5. The highest BCUT2D eigenvalue weighted by Gasteiger charge is 2.18. The van der Waals surface area contributed by atoms with Gasteiger partial charge in [0, 0.05) is 0 Å². The zero-order valence-electron chi connectivity index (χ0n) is 10.9. The standard InChI is InChI=1S/C12H17NO5S/c1-3-7-18-12(14)10-8-9(19(13,15)16)5-6-11(10)17-4-2/h5-6,8H,3-4,7H2,1-2H3,(H2,13,15,16). The molecule has 0 atom stereocenters. The number of hydrogen-bond donors (Lipinski definition) is 1. The number of carbonyl (C=O) groups is 1. The van der Waals surface area contributed by atoms with Crippen LogP contribution in [0, 0.1) is 0 Å². The van der Waals surface area contributed by atoms with Crippen molar-refractivity contribution < 1.29 is 22.7 Å².